The Kier molecular flexibility index (Phi) is 3.41. The van der Waals surface area contributed by atoms with Gasteiger partial charge in [-0.05, 0) is 22.8 Å². The Morgan fingerprint density at radius 1 is 1.33 bits per heavy atom. The molecule has 0 aliphatic heterocycles. The van der Waals surface area contributed by atoms with Crippen LogP contribution in [0.25, 0.3) is 11.0 Å². The van der Waals surface area contributed by atoms with Crippen molar-refractivity contribution in [3.05, 3.63) is 34.4 Å². The quantitative estimate of drug-likeness (QED) is 0.393. The van der Waals surface area contributed by atoms with Crippen LogP contribution in [0.1, 0.15) is 12.2 Å². The number of hydrogen-bond acceptors (Lipinski definition) is 8. The SMILES string of the molecule is O=[N+]([O-])c1ccc(NCCCc2ncn[nH]2)c2nonc12. The van der Waals surface area contributed by atoms with Gasteiger partial charge in [0.05, 0.1) is 10.6 Å². The molecule has 2 aromatic heterocycles. The lowest BCUT2D eigenvalue weighted by Crippen LogP contribution is -2.04. The molecule has 2 heterocycles. The summed E-state index contributed by atoms with van der Waals surface area (Å²) in [5, 5.41) is 27.9. The van der Waals surface area contributed by atoms with Gasteiger partial charge < -0.3 is 5.32 Å². The Bertz CT molecular complexity index is 752. The number of fused-ring (bicyclic) bond motifs is 1. The molecule has 108 valence electrons. The molecule has 0 amide bonds. The molecule has 2 N–H and O–H groups in total. The fraction of sp³-hybridized carbons (Fsp3) is 0.273. The maximum absolute atomic E-state index is 10.9. The van der Waals surface area contributed by atoms with E-state index in [0.717, 1.165) is 18.7 Å². The predicted molar refractivity (Wildman–Crippen MR) is 71.7 cm³/mol. The minimum absolute atomic E-state index is 0.126. The van der Waals surface area contributed by atoms with Crippen molar-refractivity contribution >= 4 is 22.4 Å². The van der Waals surface area contributed by atoms with Crippen molar-refractivity contribution in [3.8, 4) is 0 Å². The molecular weight excluding hydrogens is 278 g/mol. The second-order valence-corrected chi connectivity index (χ2v) is 4.31. The number of nitro groups is 1. The standard InChI is InChI=1S/C11H11N7O3/c19-18(20)8-4-3-7(10-11(8)17-21-16-10)12-5-1-2-9-13-6-14-15-9/h3-4,6,12H,1-2,5H2,(H,13,14,15). The van der Waals surface area contributed by atoms with E-state index in [9.17, 15) is 10.1 Å². The number of aromatic amines is 1. The van der Waals surface area contributed by atoms with E-state index in [1.807, 2.05) is 0 Å². The lowest BCUT2D eigenvalue weighted by Gasteiger charge is -2.05. The molecule has 0 aliphatic carbocycles. The minimum atomic E-state index is -0.514. The van der Waals surface area contributed by atoms with E-state index in [-0.39, 0.29) is 11.2 Å². The zero-order chi connectivity index (χ0) is 14.7. The molecule has 0 atom stereocenters. The summed E-state index contributed by atoms with van der Waals surface area (Å²) in [6, 6.07) is 2.98. The number of benzene rings is 1. The third kappa shape index (κ3) is 2.63. The lowest BCUT2D eigenvalue weighted by molar-refractivity contribution is -0.383. The van der Waals surface area contributed by atoms with Crippen LogP contribution >= 0.6 is 0 Å². The van der Waals surface area contributed by atoms with Crippen LogP contribution < -0.4 is 5.32 Å². The number of rotatable bonds is 6. The average molecular weight is 289 g/mol. The number of aryl methyl sites for hydroxylation is 1. The first-order valence-electron chi connectivity index (χ1n) is 6.23. The van der Waals surface area contributed by atoms with E-state index < -0.39 is 4.92 Å². The zero-order valence-corrected chi connectivity index (χ0v) is 10.8. The van der Waals surface area contributed by atoms with E-state index >= 15 is 0 Å². The highest BCUT2D eigenvalue weighted by Crippen LogP contribution is 2.28. The Labute approximate surface area is 117 Å². The molecule has 0 radical (unpaired) electrons. The Balaban J connectivity index is 1.68. The van der Waals surface area contributed by atoms with Crippen molar-refractivity contribution in [1.29, 1.82) is 0 Å². The summed E-state index contributed by atoms with van der Waals surface area (Å²) in [5.74, 6) is 0.814. The number of nitro benzene ring substituents is 1. The lowest BCUT2D eigenvalue weighted by atomic mass is 10.2. The summed E-state index contributed by atoms with van der Waals surface area (Å²) >= 11 is 0. The maximum Gasteiger partial charge on any atom is 0.300 e. The molecule has 3 aromatic rings. The van der Waals surface area contributed by atoms with Crippen molar-refractivity contribution in [2.75, 3.05) is 11.9 Å². The Morgan fingerprint density at radius 3 is 2.95 bits per heavy atom. The van der Waals surface area contributed by atoms with Gasteiger partial charge in [-0.1, -0.05) is 0 Å². The zero-order valence-electron chi connectivity index (χ0n) is 10.8. The van der Waals surface area contributed by atoms with E-state index in [4.69, 9.17) is 0 Å². The smallest absolute Gasteiger partial charge is 0.300 e. The fourth-order valence-corrected chi connectivity index (χ4v) is 1.97. The third-order valence-electron chi connectivity index (χ3n) is 2.96. The van der Waals surface area contributed by atoms with Gasteiger partial charge in [-0.15, -0.1) is 0 Å². The molecular formula is C11H11N7O3. The first kappa shape index (κ1) is 13.0. The van der Waals surface area contributed by atoms with Gasteiger partial charge in [0, 0.05) is 19.0 Å². The number of nitrogens with zero attached hydrogens (tertiary/aromatic N) is 5. The highest BCUT2D eigenvalue weighted by atomic mass is 16.6. The molecule has 0 aliphatic rings. The summed E-state index contributed by atoms with van der Waals surface area (Å²) in [4.78, 5) is 14.4. The van der Waals surface area contributed by atoms with E-state index in [1.165, 1.54) is 12.4 Å². The maximum atomic E-state index is 10.9. The molecule has 1 aromatic carbocycles. The molecule has 0 bridgehead atoms. The van der Waals surface area contributed by atoms with Gasteiger partial charge in [0.25, 0.3) is 0 Å². The molecule has 0 unspecified atom stereocenters. The van der Waals surface area contributed by atoms with Gasteiger partial charge in [0.2, 0.25) is 5.52 Å². The van der Waals surface area contributed by atoms with Gasteiger partial charge in [0.15, 0.2) is 5.52 Å². The van der Waals surface area contributed by atoms with Crippen LogP contribution in [0.2, 0.25) is 0 Å². The summed E-state index contributed by atoms with van der Waals surface area (Å²) in [5.41, 5.74) is 1.01. The van der Waals surface area contributed by atoms with Crippen LogP contribution in [0.5, 0.6) is 0 Å². The topological polar surface area (TPSA) is 136 Å². The molecule has 0 saturated heterocycles. The number of non-ortho nitro benzene ring substituents is 1. The molecule has 0 saturated carbocycles. The van der Waals surface area contributed by atoms with E-state index in [0.29, 0.717) is 17.7 Å². The summed E-state index contributed by atoms with van der Waals surface area (Å²) < 4.78 is 4.59. The van der Waals surface area contributed by atoms with Crippen molar-refractivity contribution in [1.82, 2.24) is 25.5 Å². The molecule has 3 rings (SSSR count). The van der Waals surface area contributed by atoms with Gasteiger partial charge in [-0.3, -0.25) is 15.2 Å². The van der Waals surface area contributed by atoms with Crippen LogP contribution in [-0.4, -0.2) is 37.0 Å². The number of nitrogens with one attached hydrogen (secondary N) is 2. The first-order valence-corrected chi connectivity index (χ1v) is 6.23. The highest BCUT2D eigenvalue weighted by Gasteiger charge is 2.19. The molecule has 10 heteroatoms. The van der Waals surface area contributed by atoms with Crippen LogP contribution in [0, 0.1) is 10.1 Å². The van der Waals surface area contributed by atoms with E-state index in [2.05, 4.69) is 35.4 Å². The van der Waals surface area contributed by atoms with Crippen LogP contribution in [-0.2, 0) is 6.42 Å². The fourth-order valence-electron chi connectivity index (χ4n) is 1.97. The Morgan fingerprint density at radius 2 is 2.19 bits per heavy atom. The van der Waals surface area contributed by atoms with Gasteiger partial charge in [-0.2, -0.15) is 5.10 Å². The van der Waals surface area contributed by atoms with Gasteiger partial charge >= 0.3 is 5.69 Å². The summed E-state index contributed by atoms with van der Waals surface area (Å²) in [6.07, 6.45) is 3.03. The molecule has 0 fully saturated rings. The molecule has 10 nitrogen and oxygen atoms in total. The first-order chi connectivity index (χ1) is 10.3. The summed E-state index contributed by atoms with van der Waals surface area (Å²) in [7, 11) is 0. The minimum Gasteiger partial charge on any atom is -0.383 e. The van der Waals surface area contributed by atoms with Crippen LogP contribution in [0.15, 0.2) is 23.1 Å². The van der Waals surface area contributed by atoms with Crippen molar-refractivity contribution in [3.63, 3.8) is 0 Å². The van der Waals surface area contributed by atoms with Crippen molar-refractivity contribution in [2.24, 2.45) is 0 Å². The van der Waals surface area contributed by atoms with Crippen molar-refractivity contribution in [2.45, 2.75) is 12.8 Å². The monoisotopic (exact) mass is 289 g/mol. The van der Waals surface area contributed by atoms with E-state index in [1.54, 1.807) is 6.07 Å². The van der Waals surface area contributed by atoms with Gasteiger partial charge in [-0.25, -0.2) is 9.61 Å². The highest BCUT2D eigenvalue weighted by molar-refractivity contribution is 5.93. The van der Waals surface area contributed by atoms with Crippen molar-refractivity contribution < 1.29 is 9.55 Å². The number of aromatic nitrogens is 5. The predicted octanol–water partition coefficient (Wildman–Crippen LogP) is 1.29. The third-order valence-corrected chi connectivity index (χ3v) is 2.96. The molecule has 21 heavy (non-hydrogen) atoms. The summed E-state index contributed by atoms with van der Waals surface area (Å²) in [6.45, 7) is 0.653. The second-order valence-electron chi connectivity index (χ2n) is 4.31. The van der Waals surface area contributed by atoms with Crippen LogP contribution in [0.3, 0.4) is 0 Å². The number of hydrogen-bond donors (Lipinski definition) is 2. The van der Waals surface area contributed by atoms with Crippen LogP contribution in [0.4, 0.5) is 11.4 Å². The van der Waals surface area contributed by atoms with Gasteiger partial charge in [0.1, 0.15) is 12.2 Å². The molecule has 0 spiro atoms. The average Bonchev–Trinajstić information content (AvgIpc) is 3.14. The number of H-pyrrole nitrogens is 1. The Hall–Kier alpha value is -3.04. The number of anilines is 1. The normalized spacial score (nSPS) is 10.9. The largest absolute Gasteiger partial charge is 0.383 e. The second kappa shape index (κ2) is 5.53.